The largest absolute Gasteiger partial charge is 0.504 e. The molecule has 1 aromatic carbocycles. The quantitative estimate of drug-likeness (QED) is 0.337. The minimum Gasteiger partial charge on any atom is -0.504 e. The summed E-state index contributed by atoms with van der Waals surface area (Å²) in [7, 11) is 1.54. The Bertz CT molecular complexity index is 496. The fourth-order valence-electron chi connectivity index (χ4n) is 3.27. The number of rotatable bonds is 16. The molecular weight excluding hydrogens is 324 g/mol. The molecule has 1 rings (SSSR count). The van der Waals surface area contributed by atoms with Crippen LogP contribution in [0.3, 0.4) is 0 Å². The lowest BCUT2D eigenvalue weighted by molar-refractivity contribution is -0.119. The van der Waals surface area contributed by atoms with E-state index in [1.54, 1.807) is 6.07 Å². The maximum atomic E-state index is 12.0. The Morgan fingerprint density at radius 3 is 2.04 bits per heavy atom. The highest BCUT2D eigenvalue weighted by Gasteiger charge is 2.06. The van der Waals surface area contributed by atoms with Crippen LogP contribution in [0, 0.1) is 0 Å². The lowest BCUT2D eigenvalue weighted by Crippen LogP contribution is -2.00. The standard InChI is InChI=1S/C23H38O3/c1-3-4-5-6-7-8-9-10-11-12-13-14-21(24)17-15-20-16-18-22(25)23(19-20)26-2/h16,18-19,25H,3-15,17H2,1-2H3. The summed E-state index contributed by atoms with van der Waals surface area (Å²) in [4.78, 5) is 12.0. The number of unbranched alkanes of at least 4 members (excludes halogenated alkanes) is 10. The van der Waals surface area contributed by atoms with Gasteiger partial charge in [-0.1, -0.05) is 77.2 Å². The highest BCUT2D eigenvalue weighted by molar-refractivity contribution is 5.78. The second kappa shape index (κ2) is 14.6. The van der Waals surface area contributed by atoms with Crippen molar-refractivity contribution in [3.05, 3.63) is 23.8 Å². The van der Waals surface area contributed by atoms with Crippen LogP contribution in [0.25, 0.3) is 0 Å². The second-order valence-electron chi connectivity index (χ2n) is 7.33. The zero-order chi connectivity index (χ0) is 19.0. The highest BCUT2D eigenvalue weighted by atomic mass is 16.5. The van der Waals surface area contributed by atoms with Crippen LogP contribution < -0.4 is 4.74 Å². The lowest BCUT2D eigenvalue weighted by Gasteiger charge is -2.06. The number of phenolic OH excluding ortho intramolecular Hbond substituents is 1. The van der Waals surface area contributed by atoms with Crippen LogP contribution in [0.2, 0.25) is 0 Å². The van der Waals surface area contributed by atoms with Crippen LogP contribution in [0.4, 0.5) is 0 Å². The molecule has 3 heteroatoms. The van der Waals surface area contributed by atoms with Crippen LogP contribution in [-0.2, 0) is 11.2 Å². The van der Waals surface area contributed by atoms with Crippen molar-refractivity contribution in [2.45, 2.75) is 96.8 Å². The summed E-state index contributed by atoms with van der Waals surface area (Å²) in [5.41, 5.74) is 1.03. The number of ketones is 1. The first-order chi connectivity index (χ1) is 12.7. The molecule has 1 aromatic rings. The number of benzene rings is 1. The van der Waals surface area contributed by atoms with Crippen molar-refractivity contribution in [2.75, 3.05) is 7.11 Å². The molecule has 0 fully saturated rings. The molecule has 0 aliphatic rings. The van der Waals surface area contributed by atoms with Crippen molar-refractivity contribution in [3.63, 3.8) is 0 Å². The number of aromatic hydroxyl groups is 1. The summed E-state index contributed by atoms with van der Waals surface area (Å²) in [5.74, 6) is 0.955. The number of phenols is 1. The zero-order valence-electron chi connectivity index (χ0n) is 16.9. The van der Waals surface area contributed by atoms with Gasteiger partial charge in [-0.25, -0.2) is 0 Å². The van der Waals surface area contributed by atoms with E-state index in [4.69, 9.17) is 4.74 Å². The van der Waals surface area contributed by atoms with Gasteiger partial charge < -0.3 is 9.84 Å². The van der Waals surface area contributed by atoms with E-state index in [0.29, 0.717) is 30.8 Å². The molecule has 0 aliphatic heterocycles. The molecule has 0 spiro atoms. The van der Waals surface area contributed by atoms with Gasteiger partial charge >= 0.3 is 0 Å². The molecule has 0 aliphatic carbocycles. The average Bonchev–Trinajstić information content (AvgIpc) is 2.65. The summed E-state index contributed by atoms with van der Waals surface area (Å²) in [6.45, 7) is 2.26. The van der Waals surface area contributed by atoms with Gasteiger partial charge in [-0.05, 0) is 30.5 Å². The number of carbonyl (C=O) groups excluding carboxylic acids is 1. The first-order valence-corrected chi connectivity index (χ1v) is 10.5. The molecule has 0 bridgehead atoms. The van der Waals surface area contributed by atoms with E-state index in [1.165, 1.54) is 71.3 Å². The van der Waals surface area contributed by atoms with Crippen LogP contribution in [-0.4, -0.2) is 18.0 Å². The van der Waals surface area contributed by atoms with E-state index in [9.17, 15) is 9.90 Å². The number of methoxy groups -OCH3 is 1. The maximum Gasteiger partial charge on any atom is 0.160 e. The predicted molar refractivity (Wildman–Crippen MR) is 109 cm³/mol. The molecule has 0 saturated heterocycles. The van der Waals surface area contributed by atoms with E-state index >= 15 is 0 Å². The number of ether oxygens (including phenoxy) is 1. The molecule has 0 heterocycles. The first-order valence-electron chi connectivity index (χ1n) is 10.5. The van der Waals surface area contributed by atoms with E-state index in [1.807, 2.05) is 12.1 Å². The van der Waals surface area contributed by atoms with E-state index in [2.05, 4.69) is 6.92 Å². The van der Waals surface area contributed by atoms with Gasteiger partial charge in [0.15, 0.2) is 11.5 Å². The Labute approximate surface area is 160 Å². The number of aryl methyl sites for hydroxylation is 1. The Balaban J connectivity index is 1.99. The SMILES string of the molecule is CCCCCCCCCCCCCC(=O)CCc1ccc(O)c(OC)c1. The van der Waals surface area contributed by atoms with Gasteiger partial charge in [0, 0.05) is 12.8 Å². The molecule has 148 valence electrons. The third-order valence-electron chi connectivity index (χ3n) is 5.00. The summed E-state index contributed by atoms with van der Waals surface area (Å²) in [6.07, 6.45) is 16.4. The Morgan fingerprint density at radius 2 is 1.46 bits per heavy atom. The Hall–Kier alpha value is -1.51. The van der Waals surface area contributed by atoms with Gasteiger partial charge in [0.25, 0.3) is 0 Å². The number of hydrogen-bond donors (Lipinski definition) is 1. The average molecular weight is 363 g/mol. The van der Waals surface area contributed by atoms with Crippen LogP contribution in [0.1, 0.15) is 96.0 Å². The summed E-state index contributed by atoms with van der Waals surface area (Å²) < 4.78 is 5.10. The predicted octanol–water partition coefficient (Wildman–Crippen LogP) is 6.60. The van der Waals surface area contributed by atoms with E-state index in [-0.39, 0.29) is 5.75 Å². The molecule has 0 atom stereocenters. The minimum absolute atomic E-state index is 0.142. The topological polar surface area (TPSA) is 46.5 Å². The van der Waals surface area contributed by atoms with Gasteiger partial charge in [0.2, 0.25) is 0 Å². The molecule has 0 amide bonds. The second-order valence-corrected chi connectivity index (χ2v) is 7.33. The lowest BCUT2D eigenvalue weighted by atomic mass is 10.0. The fourth-order valence-corrected chi connectivity index (χ4v) is 3.27. The fraction of sp³-hybridized carbons (Fsp3) is 0.696. The third kappa shape index (κ3) is 10.5. The van der Waals surface area contributed by atoms with Gasteiger partial charge in [0.1, 0.15) is 5.78 Å². The normalized spacial score (nSPS) is 10.8. The highest BCUT2D eigenvalue weighted by Crippen LogP contribution is 2.26. The summed E-state index contributed by atoms with van der Waals surface area (Å²) in [6, 6.07) is 5.29. The monoisotopic (exact) mass is 362 g/mol. The number of carbonyl (C=O) groups is 1. The number of hydrogen-bond acceptors (Lipinski definition) is 3. The van der Waals surface area contributed by atoms with Gasteiger partial charge in [-0.3, -0.25) is 4.79 Å². The Kier molecular flexibility index (Phi) is 12.7. The van der Waals surface area contributed by atoms with Crippen molar-refractivity contribution >= 4 is 5.78 Å². The van der Waals surface area contributed by atoms with Gasteiger partial charge in [-0.2, -0.15) is 0 Å². The minimum atomic E-state index is 0.142. The Morgan fingerprint density at radius 1 is 0.885 bits per heavy atom. The van der Waals surface area contributed by atoms with Gasteiger partial charge in [-0.15, -0.1) is 0 Å². The summed E-state index contributed by atoms with van der Waals surface area (Å²) >= 11 is 0. The van der Waals surface area contributed by atoms with Crippen molar-refractivity contribution < 1.29 is 14.6 Å². The number of Topliss-reactive ketones (excluding diaryl/α,β-unsaturated/α-hetero) is 1. The molecule has 0 radical (unpaired) electrons. The molecule has 0 aromatic heterocycles. The van der Waals surface area contributed by atoms with Crippen molar-refractivity contribution in [3.8, 4) is 11.5 Å². The molecule has 0 unspecified atom stereocenters. The van der Waals surface area contributed by atoms with Crippen molar-refractivity contribution in [1.29, 1.82) is 0 Å². The smallest absolute Gasteiger partial charge is 0.160 e. The van der Waals surface area contributed by atoms with Crippen LogP contribution in [0.15, 0.2) is 18.2 Å². The molecule has 3 nitrogen and oxygen atoms in total. The van der Waals surface area contributed by atoms with E-state index < -0.39 is 0 Å². The third-order valence-corrected chi connectivity index (χ3v) is 5.00. The summed E-state index contributed by atoms with van der Waals surface area (Å²) in [5, 5.41) is 9.59. The van der Waals surface area contributed by atoms with Crippen molar-refractivity contribution in [2.24, 2.45) is 0 Å². The molecule has 26 heavy (non-hydrogen) atoms. The first kappa shape index (κ1) is 22.5. The van der Waals surface area contributed by atoms with E-state index in [0.717, 1.165) is 12.0 Å². The molecule has 1 N–H and O–H groups in total. The molecule has 0 saturated carbocycles. The van der Waals surface area contributed by atoms with Gasteiger partial charge in [0.05, 0.1) is 7.11 Å². The van der Waals surface area contributed by atoms with Crippen LogP contribution >= 0.6 is 0 Å². The van der Waals surface area contributed by atoms with Crippen molar-refractivity contribution in [1.82, 2.24) is 0 Å². The maximum absolute atomic E-state index is 12.0. The van der Waals surface area contributed by atoms with Crippen LogP contribution in [0.5, 0.6) is 11.5 Å². The molecular formula is C23H38O3. The zero-order valence-corrected chi connectivity index (χ0v) is 16.9.